The number of hydrogen-bond acceptors (Lipinski definition) is 8. The number of carbonyl (C=O) groups is 4. The minimum atomic E-state index is -1.55. The number of rotatable bonds is 4. The fourth-order valence-electron chi connectivity index (χ4n) is 0.272. The third-order valence-corrected chi connectivity index (χ3v) is 0.711. The molecule has 0 fully saturated rings. The van der Waals surface area contributed by atoms with Crippen LogP contribution in [0, 0.1) is 0 Å². The van der Waals surface area contributed by atoms with Crippen LogP contribution in [0.3, 0.4) is 0 Å². The molecule has 0 aliphatic heterocycles. The van der Waals surface area contributed by atoms with Crippen molar-refractivity contribution in [3.8, 4) is 0 Å². The van der Waals surface area contributed by atoms with E-state index in [2.05, 4.69) is 0 Å². The summed E-state index contributed by atoms with van der Waals surface area (Å²) < 4.78 is 0. The van der Waals surface area contributed by atoms with E-state index in [-0.39, 0.29) is 23.2 Å². The summed E-state index contributed by atoms with van der Waals surface area (Å²) in [4.78, 5) is 37.7. The van der Waals surface area contributed by atoms with Gasteiger partial charge in [-0.3, -0.25) is 0 Å². The fraction of sp³-hybridized carbons (Fsp3) is 0. The first-order chi connectivity index (χ1) is 7.25. The van der Waals surface area contributed by atoms with E-state index < -0.39 is 23.9 Å². The Balaban J connectivity index is -0.0000000980. The molecule has 101 valence electrons. The maximum atomic E-state index is 9.41. The summed E-state index contributed by atoms with van der Waals surface area (Å²) >= 11 is 0. The molecule has 0 spiro atoms. The number of carbonyl (C=O) groups excluding carboxylic acids is 4. The van der Waals surface area contributed by atoms with Crippen molar-refractivity contribution in [2.75, 3.05) is 0 Å². The van der Waals surface area contributed by atoms with Crippen LogP contribution in [0.4, 0.5) is 0 Å². The second-order valence-corrected chi connectivity index (χ2v) is 1.94. The molecule has 0 rings (SSSR count). The first-order valence-corrected chi connectivity index (χ1v) is 3.45. The van der Waals surface area contributed by atoms with Gasteiger partial charge in [0.1, 0.15) is 0 Å². The van der Waals surface area contributed by atoms with Gasteiger partial charge in [-0.1, -0.05) is 0 Å². The van der Waals surface area contributed by atoms with E-state index in [1.807, 2.05) is 0 Å². The van der Waals surface area contributed by atoms with Crippen LogP contribution in [0.25, 0.3) is 0 Å². The number of hydrogen-bond donors (Lipinski definition) is 1. The molecule has 0 unspecified atom stereocenters. The van der Waals surface area contributed by atoms with Crippen molar-refractivity contribution in [1.29, 1.82) is 0 Å². The molecule has 0 aliphatic carbocycles. The van der Waals surface area contributed by atoms with Crippen molar-refractivity contribution in [1.82, 2.24) is 6.15 Å². The molecule has 0 amide bonds. The van der Waals surface area contributed by atoms with Gasteiger partial charge >= 0.3 is 17.1 Å². The van der Waals surface area contributed by atoms with Crippen LogP contribution in [0.1, 0.15) is 0 Å². The maximum absolute atomic E-state index is 9.41. The van der Waals surface area contributed by atoms with Gasteiger partial charge in [0.05, 0.1) is 23.9 Å². The topological polar surface area (TPSA) is 197 Å². The van der Waals surface area contributed by atoms with E-state index in [0.29, 0.717) is 24.3 Å². The standard InChI is InChI=1S/2C4H4O4.Fe.H3N/c2*5-3(6)1-2-4(7)8;;/h2*1-2H,(H,5,6)(H,7,8);;1H3/q;;+3;/p-3/b2*2-1+;;. The first kappa shape index (κ1) is 24.9. The quantitative estimate of drug-likeness (QED) is 0.391. The van der Waals surface area contributed by atoms with Gasteiger partial charge in [-0.15, -0.1) is 0 Å². The van der Waals surface area contributed by atoms with Crippen molar-refractivity contribution in [2.45, 2.75) is 0 Å². The van der Waals surface area contributed by atoms with Gasteiger partial charge in [0, 0.05) is 0 Å². The van der Waals surface area contributed by atoms with E-state index in [4.69, 9.17) is 0 Å². The molecule has 0 aromatic carbocycles. The van der Waals surface area contributed by atoms with Crippen LogP contribution >= 0.6 is 0 Å². The smallest absolute Gasteiger partial charge is 0.545 e. The number of quaternary nitrogens is 1. The van der Waals surface area contributed by atoms with E-state index in [0.717, 1.165) is 0 Å². The van der Waals surface area contributed by atoms with Gasteiger partial charge in [0.2, 0.25) is 0 Å². The number of carboxylic acids is 4. The average molecular weight is 302 g/mol. The largest absolute Gasteiger partial charge is 3.00 e. The van der Waals surface area contributed by atoms with E-state index in [1.165, 1.54) is 0 Å². The Morgan fingerprint density at radius 1 is 0.556 bits per heavy atom. The zero-order valence-electron chi connectivity index (χ0n) is 8.93. The molecule has 0 aromatic heterocycles. The molecule has 10 heteroatoms. The van der Waals surface area contributed by atoms with Crippen LogP contribution in [-0.2, 0) is 36.2 Å². The molecule has 0 aromatic rings. The molecular weight excluding hydrogens is 294 g/mol. The summed E-state index contributed by atoms with van der Waals surface area (Å²) in [5, 5.41) is 37.7. The van der Waals surface area contributed by atoms with E-state index >= 15 is 0 Å². The summed E-state index contributed by atoms with van der Waals surface area (Å²) in [7, 11) is 0. The molecular formula is C8H8FeNO8. The summed E-state index contributed by atoms with van der Waals surface area (Å²) in [6.45, 7) is 0. The maximum Gasteiger partial charge on any atom is 3.00 e. The third kappa shape index (κ3) is 37.1. The van der Waals surface area contributed by atoms with Crippen molar-refractivity contribution >= 4 is 23.9 Å². The zero-order chi connectivity index (χ0) is 13.1. The predicted molar refractivity (Wildman–Crippen MR) is 44.3 cm³/mol. The summed E-state index contributed by atoms with van der Waals surface area (Å²) in [6, 6.07) is 0. The monoisotopic (exact) mass is 302 g/mol. The van der Waals surface area contributed by atoms with Crippen molar-refractivity contribution in [2.24, 2.45) is 0 Å². The summed E-state index contributed by atoms with van der Waals surface area (Å²) in [6.07, 6.45) is 1.54. The van der Waals surface area contributed by atoms with Crippen LogP contribution in [-0.4, -0.2) is 23.9 Å². The SMILES string of the molecule is O=C([O-])/C=C/C(=O)[O-].O=C([O-])/C=C/C(=O)[O-].[Fe+3].[NH4+]. The molecule has 4 N–H and O–H groups in total. The number of carboxylic acid groups (broad SMARTS) is 4. The second-order valence-electron chi connectivity index (χ2n) is 1.94. The van der Waals surface area contributed by atoms with Crippen molar-refractivity contribution in [3.05, 3.63) is 24.3 Å². The van der Waals surface area contributed by atoms with Gasteiger partial charge in [0.15, 0.2) is 0 Å². The van der Waals surface area contributed by atoms with Gasteiger partial charge in [-0.05, 0) is 24.3 Å². The molecule has 0 heterocycles. The molecule has 0 bridgehead atoms. The Morgan fingerprint density at radius 2 is 0.667 bits per heavy atom. The average Bonchev–Trinajstić information content (AvgIpc) is 2.12. The van der Waals surface area contributed by atoms with Gasteiger partial charge in [-0.25, -0.2) is 0 Å². The van der Waals surface area contributed by atoms with Crippen molar-refractivity contribution in [3.63, 3.8) is 0 Å². The van der Waals surface area contributed by atoms with E-state index in [1.54, 1.807) is 0 Å². The first-order valence-electron chi connectivity index (χ1n) is 3.45. The summed E-state index contributed by atoms with van der Waals surface area (Å²) in [5.74, 6) is -6.19. The van der Waals surface area contributed by atoms with Crippen LogP contribution in [0.15, 0.2) is 24.3 Å². The fourth-order valence-corrected chi connectivity index (χ4v) is 0.272. The van der Waals surface area contributed by atoms with Gasteiger partial charge in [-0.2, -0.15) is 0 Å². The Kier molecular flexibility index (Phi) is 20.5. The van der Waals surface area contributed by atoms with E-state index in [9.17, 15) is 39.6 Å². The number of aliphatic carboxylic acids is 4. The minimum absolute atomic E-state index is 0. The molecule has 0 saturated heterocycles. The normalized spacial score (nSPS) is 8.44. The molecule has 9 nitrogen and oxygen atoms in total. The Labute approximate surface area is 111 Å². The summed E-state index contributed by atoms with van der Waals surface area (Å²) in [5.41, 5.74) is 0. The molecule has 0 saturated carbocycles. The minimum Gasteiger partial charge on any atom is -0.545 e. The molecule has 18 heavy (non-hydrogen) atoms. The van der Waals surface area contributed by atoms with Crippen LogP contribution in [0.5, 0.6) is 0 Å². The van der Waals surface area contributed by atoms with Crippen LogP contribution < -0.4 is 26.6 Å². The molecule has 0 atom stereocenters. The Bertz CT molecular complexity index is 283. The third-order valence-electron chi connectivity index (χ3n) is 0.711. The van der Waals surface area contributed by atoms with Gasteiger partial charge in [0.25, 0.3) is 0 Å². The predicted octanol–water partition coefficient (Wildman–Crippen LogP) is -5.54. The molecule has 1 radical (unpaired) electrons. The zero-order valence-corrected chi connectivity index (χ0v) is 10.0. The second kappa shape index (κ2) is 14.8. The van der Waals surface area contributed by atoms with Gasteiger partial charge < -0.3 is 45.8 Å². The molecule has 0 aliphatic rings. The Morgan fingerprint density at radius 3 is 0.722 bits per heavy atom. The Hall–Kier alpha value is -2.16. The van der Waals surface area contributed by atoms with Crippen molar-refractivity contribution < 1.29 is 56.7 Å². The van der Waals surface area contributed by atoms with Crippen LogP contribution in [0.2, 0.25) is 0 Å².